The normalized spacial score (nSPS) is 17.8. The minimum Gasteiger partial charge on any atom is -0.357 e. The number of benzene rings is 2. The van der Waals surface area contributed by atoms with Crippen molar-refractivity contribution in [3.63, 3.8) is 0 Å². The van der Waals surface area contributed by atoms with Gasteiger partial charge in [-0.2, -0.15) is 0 Å². The van der Waals surface area contributed by atoms with E-state index >= 15 is 0 Å². The lowest BCUT2D eigenvalue weighted by atomic mass is 9.94. The van der Waals surface area contributed by atoms with Crippen molar-refractivity contribution in [3.8, 4) is 0 Å². The maximum atomic E-state index is 13.5. The third-order valence-corrected chi connectivity index (χ3v) is 6.71. The number of anilines is 1. The van der Waals surface area contributed by atoms with E-state index in [0.717, 1.165) is 73.8 Å². The van der Waals surface area contributed by atoms with Gasteiger partial charge in [0.1, 0.15) is 5.82 Å². The number of carbonyl (C=O) groups excluding carboxylic acids is 1. The van der Waals surface area contributed by atoms with Crippen molar-refractivity contribution >= 4 is 36.0 Å². The highest BCUT2D eigenvalue weighted by Crippen LogP contribution is 2.32. The van der Waals surface area contributed by atoms with Gasteiger partial charge in [-0.3, -0.25) is 4.79 Å². The molecule has 4 rings (SSSR count). The molecular formula is C26H30ClN3O. The van der Waals surface area contributed by atoms with E-state index in [4.69, 9.17) is 11.6 Å². The topological polar surface area (TPSA) is 35.9 Å². The zero-order chi connectivity index (χ0) is 21.8. The number of rotatable bonds is 4. The first-order chi connectivity index (χ1) is 15.1. The van der Waals surface area contributed by atoms with Crippen molar-refractivity contribution < 1.29 is 4.79 Å². The number of carbonyl (C=O) groups is 1. The van der Waals surface area contributed by atoms with Crippen molar-refractivity contribution in [1.82, 2.24) is 4.90 Å². The van der Waals surface area contributed by atoms with Gasteiger partial charge in [0.15, 0.2) is 0 Å². The van der Waals surface area contributed by atoms with Gasteiger partial charge < -0.3 is 9.80 Å². The summed E-state index contributed by atoms with van der Waals surface area (Å²) in [5.74, 6) is 1.18. The molecule has 1 fully saturated rings. The van der Waals surface area contributed by atoms with Crippen molar-refractivity contribution in [2.75, 3.05) is 24.5 Å². The molecule has 4 nitrogen and oxygen atoms in total. The Morgan fingerprint density at radius 3 is 2.65 bits per heavy atom. The number of aliphatic imine (C=N–C) groups is 1. The minimum atomic E-state index is 0.0439. The average molecular weight is 436 g/mol. The van der Waals surface area contributed by atoms with Crippen LogP contribution in [0.4, 0.5) is 5.69 Å². The van der Waals surface area contributed by atoms with Gasteiger partial charge in [-0.05, 0) is 86.7 Å². The molecule has 2 heterocycles. The third kappa shape index (κ3) is 4.85. The second-order valence-corrected chi connectivity index (χ2v) is 8.94. The van der Waals surface area contributed by atoms with Gasteiger partial charge in [0.25, 0.3) is 0 Å². The van der Waals surface area contributed by atoms with Crippen LogP contribution in [0.5, 0.6) is 0 Å². The van der Waals surface area contributed by atoms with Gasteiger partial charge in [0.2, 0.25) is 5.91 Å². The Morgan fingerprint density at radius 2 is 1.90 bits per heavy atom. The molecular weight excluding hydrogens is 406 g/mol. The molecule has 0 spiro atoms. The highest BCUT2D eigenvalue weighted by atomic mass is 35.5. The van der Waals surface area contributed by atoms with E-state index in [-0.39, 0.29) is 11.8 Å². The summed E-state index contributed by atoms with van der Waals surface area (Å²) in [6.07, 6.45) is 6.86. The van der Waals surface area contributed by atoms with Crippen LogP contribution in [0.1, 0.15) is 42.4 Å². The van der Waals surface area contributed by atoms with E-state index < -0.39 is 0 Å². The largest absolute Gasteiger partial charge is 0.357 e. The zero-order valence-electron chi connectivity index (χ0n) is 18.2. The first kappa shape index (κ1) is 21.6. The summed E-state index contributed by atoms with van der Waals surface area (Å²) < 4.78 is 0. The minimum absolute atomic E-state index is 0.0439. The number of halogens is 1. The highest BCUT2D eigenvalue weighted by molar-refractivity contribution is 6.30. The quantitative estimate of drug-likeness (QED) is 0.575. The molecule has 0 unspecified atom stereocenters. The van der Waals surface area contributed by atoms with Gasteiger partial charge in [-0.15, -0.1) is 0 Å². The molecule has 2 aliphatic rings. The van der Waals surface area contributed by atoms with Crippen molar-refractivity contribution in [3.05, 3.63) is 70.0 Å². The van der Waals surface area contributed by atoms with Crippen LogP contribution in [0.25, 0.3) is 6.08 Å². The van der Waals surface area contributed by atoms with Gasteiger partial charge in [-0.1, -0.05) is 35.9 Å². The molecule has 0 radical (unpaired) electrons. The summed E-state index contributed by atoms with van der Waals surface area (Å²) in [7, 11) is 0. The summed E-state index contributed by atoms with van der Waals surface area (Å²) in [6, 6.07) is 14.2. The maximum absolute atomic E-state index is 13.5. The van der Waals surface area contributed by atoms with E-state index in [9.17, 15) is 4.79 Å². The van der Waals surface area contributed by atoms with E-state index in [1.165, 1.54) is 11.1 Å². The molecule has 5 heteroatoms. The number of amides is 1. The molecule has 162 valence electrons. The Labute approximate surface area is 190 Å². The molecule has 0 bridgehead atoms. The van der Waals surface area contributed by atoms with Gasteiger partial charge in [-0.25, -0.2) is 4.99 Å². The number of nitrogens with zero attached hydrogens (tertiary/aromatic N) is 3. The molecule has 2 aromatic rings. The number of likely N-dealkylation sites (tertiary alicyclic amines) is 1. The lowest BCUT2D eigenvalue weighted by Crippen LogP contribution is -2.42. The van der Waals surface area contributed by atoms with E-state index in [1.54, 1.807) is 0 Å². The highest BCUT2D eigenvalue weighted by Gasteiger charge is 2.31. The number of hydrogen-bond acceptors (Lipinski definition) is 3. The monoisotopic (exact) mass is 435 g/mol. The van der Waals surface area contributed by atoms with Crippen LogP contribution in [0.3, 0.4) is 0 Å². The number of piperidine rings is 1. The standard InChI is InChI=1S/C26H30ClN3O/c1-19-7-3-4-8-21(19)18-25(28-2)29-15-12-20(13-16-29)26(31)30-14-6-5-9-22-17-23(27)10-11-24(22)30/h3-4,7-8,10-11,17-18,20H,2,5-6,9,12-16H2,1H3/b25-18+. The Balaban J connectivity index is 1.46. The number of hydrogen-bond donors (Lipinski definition) is 0. The van der Waals surface area contributed by atoms with Crippen LogP contribution in [-0.4, -0.2) is 37.2 Å². The second kappa shape index (κ2) is 9.69. The van der Waals surface area contributed by atoms with Crippen LogP contribution < -0.4 is 4.90 Å². The fourth-order valence-corrected chi connectivity index (χ4v) is 4.85. The van der Waals surface area contributed by atoms with Crippen LogP contribution >= 0.6 is 11.6 Å². The van der Waals surface area contributed by atoms with Crippen molar-refractivity contribution in [1.29, 1.82) is 0 Å². The van der Waals surface area contributed by atoms with Crippen LogP contribution in [0.2, 0.25) is 5.02 Å². The molecule has 2 aromatic carbocycles. The van der Waals surface area contributed by atoms with E-state index in [2.05, 4.69) is 41.7 Å². The summed E-state index contributed by atoms with van der Waals surface area (Å²) in [4.78, 5) is 22.0. The fourth-order valence-electron chi connectivity index (χ4n) is 4.65. The summed E-state index contributed by atoms with van der Waals surface area (Å²) in [5, 5.41) is 0.742. The Kier molecular flexibility index (Phi) is 6.77. The zero-order valence-corrected chi connectivity index (χ0v) is 18.9. The third-order valence-electron chi connectivity index (χ3n) is 6.48. The first-order valence-corrected chi connectivity index (χ1v) is 11.5. The Hall–Kier alpha value is -2.59. The summed E-state index contributed by atoms with van der Waals surface area (Å²) >= 11 is 6.20. The van der Waals surface area contributed by atoms with Crippen LogP contribution in [0, 0.1) is 12.8 Å². The Morgan fingerprint density at radius 1 is 1.13 bits per heavy atom. The molecule has 2 aliphatic heterocycles. The van der Waals surface area contributed by atoms with Crippen molar-refractivity contribution in [2.24, 2.45) is 10.9 Å². The summed E-state index contributed by atoms with van der Waals surface area (Å²) in [6.45, 7) is 8.31. The second-order valence-electron chi connectivity index (χ2n) is 8.50. The lowest BCUT2D eigenvalue weighted by Gasteiger charge is -2.35. The lowest BCUT2D eigenvalue weighted by molar-refractivity contribution is -0.123. The van der Waals surface area contributed by atoms with Gasteiger partial charge in [0, 0.05) is 36.3 Å². The molecule has 31 heavy (non-hydrogen) atoms. The van der Waals surface area contributed by atoms with E-state index in [0.29, 0.717) is 0 Å². The molecule has 0 N–H and O–H groups in total. The molecule has 0 aliphatic carbocycles. The average Bonchev–Trinajstić information content (AvgIpc) is 3.00. The van der Waals surface area contributed by atoms with Crippen LogP contribution in [0.15, 0.2) is 53.3 Å². The number of fused-ring (bicyclic) bond motifs is 1. The molecule has 0 saturated carbocycles. The van der Waals surface area contributed by atoms with E-state index in [1.807, 2.05) is 35.2 Å². The molecule has 0 aromatic heterocycles. The predicted octanol–water partition coefficient (Wildman–Crippen LogP) is 5.73. The first-order valence-electron chi connectivity index (χ1n) is 11.2. The fraction of sp³-hybridized carbons (Fsp3) is 0.385. The van der Waals surface area contributed by atoms with Gasteiger partial charge in [0.05, 0.1) is 0 Å². The number of aryl methyl sites for hydroxylation is 2. The van der Waals surface area contributed by atoms with Crippen LogP contribution in [-0.2, 0) is 11.2 Å². The smallest absolute Gasteiger partial charge is 0.230 e. The molecule has 1 amide bonds. The van der Waals surface area contributed by atoms with Gasteiger partial charge >= 0.3 is 0 Å². The Bertz CT molecular complexity index is 992. The maximum Gasteiger partial charge on any atom is 0.230 e. The predicted molar refractivity (Wildman–Crippen MR) is 130 cm³/mol. The SMILES string of the molecule is C=N/C(=C\c1ccccc1C)N1CCC(C(=O)N2CCCCc3cc(Cl)ccc32)CC1. The summed E-state index contributed by atoms with van der Waals surface area (Å²) in [5.41, 5.74) is 4.61. The van der Waals surface area contributed by atoms with Crippen molar-refractivity contribution in [2.45, 2.75) is 39.0 Å². The molecule has 1 saturated heterocycles. The molecule has 0 atom stereocenters.